The summed E-state index contributed by atoms with van der Waals surface area (Å²) in [6.07, 6.45) is 1.05. The second-order valence-corrected chi connectivity index (χ2v) is 3.10. The Morgan fingerprint density at radius 1 is 1.57 bits per heavy atom. The van der Waals surface area contributed by atoms with Crippen LogP contribution in [0.5, 0.6) is 0 Å². The fourth-order valence-electron chi connectivity index (χ4n) is 0.813. The number of thiol groups is 1. The van der Waals surface area contributed by atoms with E-state index in [1.54, 1.807) is 0 Å². The molecule has 0 aliphatic carbocycles. The van der Waals surface area contributed by atoms with E-state index in [-0.39, 0.29) is 17.2 Å². The number of anilines is 1. The Bertz CT molecular complexity index is 435. The number of nitrogens with one attached hydrogen (secondary N) is 1. The highest BCUT2D eigenvalue weighted by Gasteiger charge is 2.09. The smallest absolute Gasteiger partial charge is 0.339 e. The molecule has 1 heterocycles. The summed E-state index contributed by atoms with van der Waals surface area (Å²) >= 11 is 0. The molecule has 0 aromatic carbocycles. The summed E-state index contributed by atoms with van der Waals surface area (Å²) < 4.78 is 22.4. The monoisotopic (exact) mass is 217 g/mol. The molecule has 76 valence electrons. The van der Waals surface area contributed by atoms with Crippen molar-refractivity contribution in [3.05, 3.63) is 17.5 Å². The van der Waals surface area contributed by atoms with Crippen LogP contribution in [-0.2, 0) is 10.9 Å². The van der Waals surface area contributed by atoms with Crippen molar-refractivity contribution in [2.75, 3.05) is 4.72 Å². The van der Waals surface area contributed by atoms with Gasteiger partial charge < -0.3 is 5.11 Å². The predicted octanol–water partition coefficient (Wildman–Crippen LogP) is -0.578. The van der Waals surface area contributed by atoms with E-state index >= 15 is 0 Å². The van der Waals surface area contributed by atoms with Crippen LogP contribution in [0.1, 0.15) is 16.1 Å². The first-order chi connectivity index (χ1) is 6.50. The molecule has 0 saturated heterocycles. The molecule has 0 aliphatic rings. The molecule has 0 fully saturated rings. The molecule has 0 amide bonds. The second kappa shape index (κ2) is 4.01. The SMILES string of the molecule is Cc1nc(N[SH](=O)=O)ncc1C(=O)O. The Hall–Kier alpha value is -1.70. The molecule has 0 bridgehead atoms. The number of carbonyl (C=O) groups is 1. The van der Waals surface area contributed by atoms with Gasteiger partial charge in [-0.25, -0.2) is 23.2 Å². The zero-order valence-electron chi connectivity index (χ0n) is 7.09. The van der Waals surface area contributed by atoms with Gasteiger partial charge in [-0.1, -0.05) is 0 Å². The molecule has 1 aromatic heterocycles. The fourth-order valence-corrected chi connectivity index (χ4v) is 1.08. The van der Waals surface area contributed by atoms with E-state index in [0.717, 1.165) is 6.20 Å². The topological polar surface area (TPSA) is 109 Å². The van der Waals surface area contributed by atoms with Gasteiger partial charge in [0, 0.05) is 6.20 Å². The van der Waals surface area contributed by atoms with Crippen LogP contribution in [0.3, 0.4) is 0 Å². The molecule has 1 rings (SSSR count). The van der Waals surface area contributed by atoms with Gasteiger partial charge in [-0.2, -0.15) is 0 Å². The predicted molar refractivity (Wildman–Crippen MR) is 47.7 cm³/mol. The summed E-state index contributed by atoms with van der Waals surface area (Å²) in [5.41, 5.74) is 0.142. The molecule has 2 N–H and O–H groups in total. The fraction of sp³-hybridized carbons (Fsp3) is 0.167. The van der Waals surface area contributed by atoms with Crippen molar-refractivity contribution in [3.8, 4) is 0 Å². The highest BCUT2D eigenvalue weighted by atomic mass is 32.2. The molecule has 8 heteroatoms. The molecule has 0 spiro atoms. The van der Waals surface area contributed by atoms with Crippen LogP contribution in [0.25, 0.3) is 0 Å². The third-order valence-corrected chi connectivity index (χ3v) is 1.78. The molecule has 1 aromatic rings. The molecule has 0 atom stereocenters. The third-order valence-electron chi connectivity index (χ3n) is 1.40. The Labute approximate surface area is 80.9 Å². The lowest BCUT2D eigenvalue weighted by atomic mass is 10.2. The number of aryl methyl sites for hydroxylation is 1. The van der Waals surface area contributed by atoms with E-state index in [2.05, 4.69) is 9.97 Å². The van der Waals surface area contributed by atoms with Crippen molar-refractivity contribution in [2.24, 2.45) is 0 Å². The minimum atomic E-state index is -2.84. The average molecular weight is 217 g/mol. The number of hydrogen-bond donors (Lipinski definition) is 3. The summed E-state index contributed by atoms with van der Waals surface area (Å²) in [7, 11) is -2.84. The minimum Gasteiger partial charge on any atom is -0.478 e. The molecule has 14 heavy (non-hydrogen) atoms. The van der Waals surface area contributed by atoms with E-state index in [1.807, 2.05) is 4.72 Å². The highest BCUT2D eigenvalue weighted by molar-refractivity contribution is 7.73. The number of rotatable bonds is 3. The van der Waals surface area contributed by atoms with Crippen molar-refractivity contribution in [3.63, 3.8) is 0 Å². The summed E-state index contributed by atoms with van der Waals surface area (Å²) in [6.45, 7) is 1.45. The third kappa shape index (κ3) is 2.39. The molecule has 0 saturated carbocycles. The van der Waals surface area contributed by atoms with Gasteiger partial charge in [-0.15, -0.1) is 0 Å². The molecule has 7 nitrogen and oxygen atoms in total. The zero-order valence-corrected chi connectivity index (χ0v) is 7.99. The number of aromatic carboxylic acids is 1. The first-order valence-corrected chi connectivity index (χ1v) is 4.66. The van der Waals surface area contributed by atoms with Crippen LogP contribution in [0.2, 0.25) is 0 Å². The maximum absolute atomic E-state index is 10.5. The van der Waals surface area contributed by atoms with Gasteiger partial charge in [0.15, 0.2) is 0 Å². The van der Waals surface area contributed by atoms with Crippen molar-refractivity contribution in [2.45, 2.75) is 6.92 Å². The van der Waals surface area contributed by atoms with Crippen molar-refractivity contribution in [1.29, 1.82) is 0 Å². The van der Waals surface area contributed by atoms with Crippen LogP contribution in [-0.4, -0.2) is 29.5 Å². The standard InChI is InChI=1S/C6H7N3O4S/c1-3-4(5(10)11)2-7-6(8-3)9-14(12)13/h2,14H,1H3,(H,10,11)(H,7,8,9,12,13). The van der Waals surface area contributed by atoms with E-state index in [0.29, 0.717) is 0 Å². The average Bonchev–Trinajstić information content (AvgIpc) is 2.01. The maximum atomic E-state index is 10.5. The highest BCUT2D eigenvalue weighted by Crippen LogP contribution is 2.06. The van der Waals surface area contributed by atoms with Gasteiger partial charge in [0.25, 0.3) is 0 Å². The summed E-state index contributed by atoms with van der Waals surface area (Å²) in [5, 5.41) is 8.62. The summed E-state index contributed by atoms with van der Waals surface area (Å²) in [4.78, 5) is 17.7. The molecular weight excluding hydrogens is 210 g/mol. The van der Waals surface area contributed by atoms with Gasteiger partial charge in [-0.3, -0.25) is 4.72 Å². The van der Waals surface area contributed by atoms with Crippen LogP contribution in [0, 0.1) is 6.92 Å². The van der Waals surface area contributed by atoms with Gasteiger partial charge >= 0.3 is 5.97 Å². The lowest BCUT2D eigenvalue weighted by Crippen LogP contribution is -2.07. The number of hydrogen-bond acceptors (Lipinski definition) is 5. The van der Waals surface area contributed by atoms with Crippen LogP contribution < -0.4 is 4.72 Å². The van der Waals surface area contributed by atoms with Crippen molar-refractivity contribution >= 4 is 22.8 Å². The minimum absolute atomic E-state index is 0.0586. The lowest BCUT2D eigenvalue weighted by Gasteiger charge is -2.01. The second-order valence-electron chi connectivity index (χ2n) is 2.37. The normalized spacial score (nSPS) is 10.1. The Kier molecular flexibility index (Phi) is 2.97. The largest absolute Gasteiger partial charge is 0.478 e. The van der Waals surface area contributed by atoms with E-state index in [1.165, 1.54) is 6.92 Å². The number of nitrogens with zero attached hydrogens (tertiary/aromatic N) is 2. The van der Waals surface area contributed by atoms with Gasteiger partial charge in [0.2, 0.25) is 16.8 Å². The van der Waals surface area contributed by atoms with Crippen LogP contribution >= 0.6 is 0 Å². The first-order valence-electron chi connectivity index (χ1n) is 3.48. The summed E-state index contributed by atoms with van der Waals surface area (Å²) in [6, 6.07) is 0. The summed E-state index contributed by atoms with van der Waals surface area (Å²) in [5.74, 6) is -1.29. The Balaban J connectivity index is 3.06. The molecule has 0 radical (unpaired) electrons. The quantitative estimate of drug-likeness (QED) is 0.584. The first kappa shape index (κ1) is 10.4. The van der Waals surface area contributed by atoms with Crippen molar-refractivity contribution in [1.82, 2.24) is 9.97 Å². The van der Waals surface area contributed by atoms with Crippen LogP contribution in [0.4, 0.5) is 5.95 Å². The Morgan fingerprint density at radius 2 is 2.21 bits per heavy atom. The molecule has 0 aliphatic heterocycles. The number of aromatic nitrogens is 2. The Morgan fingerprint density at radius 3 is 2.64 bits per heavy atom. The zero-order chi connectivity index (χ0) is 10.7. The maximum Gasteiger partial charge on any atom is 0.339 e. The lowest BCUT2D eigenvalue weighted by molar-refractivity contribution is 0.0695. The molecular formula is C6H7N3O4S. The van der Waals surface area contributed by atoms with Gasteiger partial charge in [0.1, 0.15) is 0 Å². The van der Waals surface area contributed by atoms with Crippen molar-refractivity contribution < 1.29 is 18.3 Å². The number of carboxylic acid groups (broad SMARTS) is 1. The van der Waals surface area contributed by atoms with Crippen LogP contribution in [0.15, 0.2) is 6.20 Å². The molecule has 0 unspecified atom stereocenters. The van der Waals surface area contributed by atoms with Gasteiger partial charge in [-0.05, 0) is 6.92 Å². The number of carboxylic acids is 1. The van der Waals surface area contributed by atoms with E-state index in [9.17, 15) is 13.2 Å². The van der Waals surface area contributed by atoms with E-state index in [4.69, 9.17) is 5.11 Å². The van der Waals surface area contributed by atoms with Gasteiger partial charge in [0.05, 0.1) is 11.3 Å². The van der Waals surface area contributed by atoms with E-state index < -0.39 is 16.9 Å².